The van der Waals surface area contributed by atoms with Crippen LogP contribution in [-0.4, -0.2) is 34.4 Å². The molecule has 1 heterocycles. The summed E-state index contributed by atoms with van der Waals surface area (Å²) < 4.78 is 0. The smallest absolute Gasteiger partial charge is 0.325 e. The van der Waals surface area contributed by atoms with E-state index in [-0.39, 0.29) is 6.42 Å². The lowest BCUT2D eigenvalue weighted by Gasteiger charge is -2.27. The van der Waals surface area contributed by atoms with Crippen molar-refractivity contribution in [2.24, 2.45) is 0 Å². The number of carbonyl (C=O) groups excluding carboxylic acids is 3. The van der Waals surface area contributed by atoms with E-state index in [0.717, 1.165) is 4.90 Å². The van der Waals surface area contributed by atoms with Gasteiger partial charge >= 0.3 is 6.03 Å². The number of carbonyl (C=O) groups is 3. The number of rotatable bonds is 5. The van der Waals surface area contributed by atoms with Crippen molar-refractivity contribution in [1.29, 1.82) is 0 Å². The molecule has 0 aromatic heterocycles. The molecular formula is C11H17N2O4-. The summed E-state index contributed by atoms with van der Waals surface area (Å²) in [4.78, 5) is 35.6. The molecule has 0 aromatic carbocycles. The van der Waals surface area contributed by atoms with Gasteiger partial charge in [-0.25, -0.2) is 4.79 Å². The second-order valence-corrected chi connectivity index (χ2v) is 4.14. The predicted molar refractivity (Wildman–Crippen MR) is 57.8 cm³/mol. The van der Waals surface area contributed by atoms with Crippen molar-refractivity contribution in [2.45, 2.75) is 51.6 Å². The summed E-state index contributed by atoms with van der Waals surface area (Å²) in [5, 5.41) is 13.5. The largest absolute Gasteiger partial charge is 0.548 e. The molecule has 0 spiro atoms. The van der Waals surface area contributed by atoms with Crippen molar-refractivity contribution in [2.75, 3.05) is 0 Å². The van der Waals surface area contributed by atoms with Crippen LogP contribution in [0.2, 0.25) is 0 Å². The second kappa shape index (κ2) is 4.73. The Morgan fingerprint density at radius 3 is 2.18 bits per heavy atom. The van der Waals surface area contributed by atoms with Gasteiger partial charge in [0, 0.05) is 0 Å². The molecule has 6 heteroatoms. The third-order valence-electron chi connectivity index (χ3n) is 3.37. The molecule has 3 amide bonds. The summed E-state index contributed by atoms with van der Waals surface area (Å²) >= 11 is 0. The number of urea groups is 1. The fourth-order valence-corrected chi connectivity index (χ4v) is 2.11. The van der Waals surface area contributed by atoms with Crippen LogP contribution in [0.15, 0.2) is 0 Å². The molecule has 96 valence electrons. The molecule has 1 saturated heterocycles. The number of hydrogen-bond acceptors (Lipinski definition) is 4. The first kappa shape index (κ1) is 13.5. The molecule has 1 rings (SSSR count). The summed E-state index contributed by atoms with van der Waals surface area (Å²) in [6.07, 6.45) is 1.02. The van der Waals surface area contributed by atoms with Gasteiger partial charge in [0.1, 0.15) is 5.54 Å². The zero-order chi connectivity index (χ0) is 13.2. The highest BCUT2D eigenvalue weighted by molar-refractivity contribution is 6.09. The lowest BCUT2D eigenvalue weighted by atomic mass is 9.92. The molecule has 17 heavy (non-hydrogen) atoms. The van der Waals surface area contributed by atoms with Crippen LogP contribution in [0.1, 0.15) is 40.0 Å². The monoisotopic (exact) mass is 241 g/mol. The van der Waals surface area contributed by atoms with E-state index < -0.39 is 29.5 Å². The molecule has 1 unspecified atom stereocenters. The molecule has 0 radical (unpaired) electrons. The first-order valence-corrected chi connectivity index (χ1v) is 5.80. The SMILES string of the molecule is CCC(C(=O)[O-])N1C(=O)NC(CC)(CC)C1=O. The van der Waals surface area contributed by atoms with E-state index in [2.05, 4.69) is 5.32 Å². The minimum atomic E-state index is -1.40. The van der Waals surface area contributed by atoms with Gasteiger partial charge in [0.25, 0.3) is 5.91 Å². The molecule has 6 nitrogen and oxygen atoms in total. The van der Waals surface area contributed by atoms with E-state index in [1.54, 1.807) is 20.8 Å². The normalized spacial score (nSPS) is 20.3. The quantitative estimate of drug-likeness (QED) is 0.665. The van der Waals surface area contributed by atoms with Gasteiger partial charge < -0.3 is 15.2 Å². The van der Waals surface area contributed by atoms with E-state index in [1.807, 2.05) is 0 Å². The third-order valence-corrected chi connectivity index (χ3v) is 3.37. The van der Waals surface area contributed by atoms with Crippen LogP contribution in [0.25, 0.3) is 0 Å². The number of hydrogen-bond donors (Lipinski definition) is 1. The summed E-state index contributed by atoms with van der Waals surface area (Å²) in [5.41, 5.74) is -0.958. The number of imide groups is 1. The van der Waals surface area contributed by atoms with Gasteiger partial charge in [0.05, 0.1) is 12.0 Å². The predicted octanol–water partition coefficient (Wildman–Crippen LogP) is -0.374. The standard InChI is InChI=1S/C11H18N2O4/c1-4-7(8(14)15)13-9(16)11(5-2,6-3)12-10(13)17/h7H,4-6H2,1-3H3,(H,12,17)(H,14,15)/p-1. The number of amides is 3. The number of carboxylic acids is 1. The van der Waals surface area contributed by atoms with Gasteiger partial charge in [0.15, 0.2) is 0 Å². The maximum atomic E-state index is 12.2. The fraction of sp³-hybridized carbons (Fsp3) is 0.727. The van der Waals surface area contributed by atoms with Gasteiger partial charge in [-0.1, -0.05) is 20.8 Å². The van der Waals surface area contributed by atoms with Gasteiger partial charge in [0.2, 0.25) is 0 Å². The minimum Gasteiger partial charge on any atom is -0.548 e. The van der Waals surface area contributed by atoms with Gasteiger partial charge in [-0.3, -0.25) is 9.69 Å². The Bertz CT molecular complexity index is 349. The molecule has 0 bridgehead atoms. The van der Waals surface area contributed by atoms with Crippen molar-refractivity contribution in [3.8, 4) is 0 Å². The van der Waals surface area contributed by atoms with Crippen LogP contribution in [0.4, 0.5) is 4.79 Å². The first-order valence-electron chi connectivity index (χ1n) is 5.80. The van der Waals surface area contributed by atoms with Crippen molar-refractivity contribution in [3.63, 3.8) is 0 Å². The Labute approximate surface area is 100.0 Å². The molecule has 1 fully saturated rings. The highest BCUT2D eigenvalue weighted by Crippen LogP contribution is 2.26. The van der Waals surface area contributed by atoms with E-state index in [0.29, 0.717) is 12.8 Å². The molecular weight excluding hydrogens is 224 g/mol. The van der Waals surface area contributed by atoms with E-state index in [1.165, 1.54) is 0 Å². The fourth-order valence-electron chi connectivity index (χ4n) is 2.11. The van der Waals surface area contributed by atoms with Gasteiger partial charge in [-0.05, 0) is 19.3 Å². The van der Waals surface area contributed by atoms with Crippen LogP contribution in [0.5, 0.6) is 0 Å². The molecule has 1 aliphatic heterocycles. The minimum absolute atomic E-state index is 0.144. The summed E-state index contributed by atoms with van der Waals surface area (Å²) in [6, 6.07) is -1.84. The van der Waals surface area contributed by atoms with Crippen LogP contribution >= 0.6 is 0 Å². The second-order valence-electron chi connectivity index (χ2n) is 4.14. The number of nitrogens with zero attached hydrogens (tertiary/aromatic N) is 1. The Balaban J connectivity index is 3.08. The Morgan fingerprint density at radius 2 is 1.88 bits per heavy atom. The Hall–Kier alpha value is -1.59. The van der Waals surface area contributed by atoms with Crippen LogP contribution in [0, 0.1) is 0 Å². The zero-order valence-electron chi connectivity index (χ0n) is 10.3. The van der Waals surface area contributed by atoms with E-state index >= 15 is 0 Å². The highest BCUT2D eigenvalue weighted by atomic mass is 16.4. The van der Waals surface area contributed by atoms with Crippen LogP contribution < -0.4 is 10.4 Å². The highest BCUT2D eigenvalue weighted by Gasteiger charge is 2.50. The molecule has 0 aliphatic carbocycles. The summed E-state index contributed by atoms with van der Waals surface area (Å²) in [6.45, 7) is 5.16. The van der Waals surface area contributed by atoms with Crippen LogP contribution in [-0.2, 0) is 9.59 Å². The molecule has 0 saturated carbocycles. The lowest BCUT2D eigenvalue weighted by molar-refractivity contribution is -0.310. The average molecular weight is 241 g/mol. The molecule has 1 atom stereocenters. The molecule has 0 aromatic rings. The van der Waals surface area contributed by atoms with Gasteiger partial charge in [-0.2, -0.15) is 0 Å². The van der Waals surface area contributed by atoms with Crippen molar-refractivity contribution in [1.82, 2.24) is 10.2 Å². The van der Waals surface area contributed by atoms with Gasteiger partial charge in [-0.15, -0.1) is 0 Å². The van der Waals surface area contributed by atoms with Crippen molar-refractivity contribution in [3.05, 3.63) is 0 Å². The zero-order valence-corrected chi connectivity index (χ0v) is 10.3. The molecule has 1 aliphatic rings. The number of aliphatic carboxylic acids is 1. The summed E-state index contributed by atoms with van der Waals surface area (Å²) in [7, 11) is 0. The topological polar surface area (TPSA) is 89.5 Å². The first-order chi connectivity index (χ1) is 7.93. The van der Waals surface area contributed by atoms with Crippen molar-refractivity contribution >= 4 is 17.9 Å². The lowest BCUT2D eigenvalue weighted by Crippen LogP contribution is -2.52. The van der Waals surface area contributed by atoms with Crippen molar-refractivity contribution < 1.29 is 19.5 Å². The average Bonchev–Trinajstić information content (AvgIpc) is 2.54. The Morgan fingerprint density at radius 1 is 1.35 bits per heavy atom. The number of carboxylic acid groups (broad SMARTS) is 1. The maximum Gasteiger partial charge on any atom is 0.325 e. The van der Waals surface area contributed by atoms with E-state index in [4.69, 9.17) is 0 Å². The summed E-state index contributed by atoms with van der Waals surface area (Å²) in [5.74, 6) is -1.87. The molecule has 1 N–H and O–H groups in total. The maximum absolute atomic E-state index is 12.2. The van der Waals surface area contributed by atoms with E-state index in [9.17, 15) is 19.5 Å². The number of nitrogens with one attached hydrogen (secondary N) is 1. The third kappa shape index (κ3) is 1.99. The van der Waals surface area contributed by atoms with Crippen LogP contribution in [0.3, 0.4) is 0 Å². The Kier molecular flexibility index (Phi) is 3.75.